The van der Waals surface area contributed by atoms with E-state index in [2.05, 4.69) is 0 Å². The van der Waals surface area contributed by atoms with E-state index in [0.29, 0.717) is 28.7 Å². The van der Waals surface area contributed by atoms with Gasteiger partial charge in [-0.2, -0.15) is 0 Å². The lowest BCUT2D eigenvalue weighted by atomic mass is 9.44. The van der Waals surface area contributed by atoms with Gasteiger partial charge in [0, 0.05) is 29.5 Å². The fourth-order valence-corrected chi connectivity index (χ4v) is 8.53. The molecule has 0 aromatic heterocycles. The minimum Gasteiger partial charge on any atom is -0.504 e. The molecule has 7 rings (SSSR count). The number of phenolic OH excluding ortho intramolecular Hbond substituents is 1. The van der Waals surface area contributed by atoms with Crippen molar-refractivity contribution < 1.29 is 29.0 Å². The maximum atomic E-state index is 14.9. The summed E-state index contributed by atoms with van der Waals surface area (Å²) in [5.41, 5.74) is 1.53. The number of para-hydroxylation sites is 1. The Morgan fingerprint density at radius 3 is 2.27 bits per heavy atom. The van der Waals surface area contributed by atoms with Crippen molar-refractivity contribution in [2.24, 2.45) is 23.7 Å². The number of imide groups is 1. The van der Waals surface area contributed by atoms with Crippen LogP contribution in [0.3, 0.4) is 0 Å². The first-order valence-corrected chi connectivity index (χ1v) is 15.2. The number of aromatic hydroxyl groups is 1. The van der Waals surface area contributed by atoms with Crippen LogP contribution in [0.15, 0.2) is 96.6 Å². The van der Waals surface area contributed by atoms with E-state index >= 15 is 0 Å². The number of ether oxygens (including phenoxy) is 1. The fourth-order valence-electron chi connectivity index (χ4n) is 8.53. The third-order valence-corrected chi connectivity index (χ3v) is 10.3. The molecule has 222 valence electrons. The molecule has 1 heterocycles. The number of carbonyl (C=O) groups excluding carboxylic acids is 4. The van der Waals surface area contributed by atoms with Crippen molar-refractivity contribution in [2.45, 2.75) is 31.1 Å². The van der Waals surface area contributed by atoms with E-state index in [1.165, 1.54) is 18.1 Å². The Kier molecular flexibility index (Phi) is 6.65. The molecule has 0 unspecified atom stereocenters. The molecule has 3 aliphatic carbocycles. The number of methoxy groups -OCH3 is 1. The summed E-state index contributed by atoms with van der Waals surface area (Å²) in [7, 11) is 1.47. The summed E-state index contributed by atoms with van der Waals surface area (Å²) >= 11 is 0. The third kappa shape index (κ3) is 3.74. The average Bonchev–Trinajstić information content (AvgIpc) is 3.31. The monoisotopic (exact) mass is 587 g/mol. The smallest absolute Gasteiger partial charge is 0.233 e. The predicted molar refractivity (Wildman–Crippen MR) is 164 cm³/mol. The predicted octanol–water partition coefficient (Wildman–Crippen LogP) is 5.25. The van der Waals surface area contributed by atoms with Crippen molar-refractivity contribution in [1.29, 1.82) is 0 Å². The Balaban J connectivity index is 1.54. The van der Waals surface area contributed by atoms with E-state index in [0.717, 1.165) is 5.57 Å². The van der Waals surface area contributed by atoms with Gasteiger partial charge in [-0.1, -0.05) is 84.4 Å². The van der Waals surface area contributed by atoms with Gasteiger partial charge in [0.1, 0.15) is 0 Å². The van der Waals surface area contributed by atoms with E-state index in [-0.39, 0.29) is 47.8 Å². The number of likely N-dealkylation sites (tertiary alicyclic amines) is 1. The molecule has 1 N–H and O–H groups in total. The average molecular weight is 588 g/mol. The maximum absolute atomic E-state index is 14.9. The van der Waals surface area contributed by atoms with Crippen LogP contribution in [0.2, 0.25) is 0 Å². The fraction of sp³-hybridized carbons (Fsp3) is 0.297. The molecule has 3 aromatic carbocycles. The van der Waals surface area contributed by atoms with Gasteiger partial charge in [-0.25, -0.2) is 0 Å². The van der Waals surface area contributed by atoms with E-state index in [4.69, 9.17) is 4.74 Å². The summed E-state index contributed by atoms with van der Waals surface area (Å²) in [6.45, 7) is 2.07. The van der Waals surface area contributed by atoms with Gasteiger partial charge in [0.25, 0.3) is 0 Å². The van der Waals surface area contributed by atoms with E-state index in [1.807, 2.05) is 66.7 Å². The highest BCUT2D eigenvalue weighted by atomic mass is 16.5. The number of Topliss-reactive ketones (excluding diaryl/α,β-unsaturated/α-hetero) is 1. The molecule has 2 fully saturated rings. The van der Waals surface area contributed by atoms with Gasteiger partial charge in [-0.05, 0) is 49.0 Å². The second-order valence-corrected chi connectivity index (χ2v) is 12.1. The first-order chi connectivity index (χ1) is 21.3. The number of hydrogen-bond acceptors (Lipinski definition) is 6. The van der Waals surface area contributed by atoms with Crippen molar-refractivity contribution in [2.75, 3.05) is 13.7 Å². The number of carbonyl (C=O) groups is 4. The summed E-state index contributed by atoms with van der Waals surface area (Å²) in [6.07, 6.45) is 4.05. The minimum atomic E-state index is -1.40. The Morgan fingerprint density at radius 2 is 1.59 bits per heavy atom. The zero-order chi connectivity index (χ0) is 30.7. The van der Waals surface area contributed by atoms with Crippen LogP contribution in [0, 0.1) is 23.7 Å². The molecular weight excluding hydrogens is 554 g/mol. The van der Waals surface area contributed by atoms with Crippen molar-refractivity contribution in [1.82, 2.24) is 4.90 Å². The third-order valence-electron chi connectivity index (χ3n) is 10.3. The van der Waals surface area contributed by atoms with E-state index < -0.39 is 35.0 Å². The van der Waals surface area contributed by atoms with E-state index in [1.54, 1.807) is 25.1 Å². The first-order valence-electron chi connectivity index (χ1n) is 15.2. The highest BCUT2D eigenvalue weighted by molar-refractivity contribution is 6.31. The highest BCUT2D eigenvalue weighted by Crippen LogP contribution is 2.64. The van der Waals surface area contributed by atoms with Gasteiger partial charge in [-0.15, -0.1) is 0 Å². The van der Waals surface area contributed by atoms with Gasteiger partial charge in [0.15, 0.2) is 23.1 Å². The Morgan fingerprint density at radius 1 is 0.886 bits per heavy atom. The van der Waals surface area contributed by atoms with Crippen LogP contribution in [0.1, 0.15) is 42.4 Å². The summed E-state index contributed by atoms with van der Waals surface area (Å²) in [5, 5.41) is 11.6. The minimum absolute atomic E-state index is 0.111. The van der Waals surface area contributed by atoms with Crippen molar-refractivity contribution in [3.8, 4) is 11.5 Å². The lowest BCUT2D eigenvalue weighted by molar-refractivity contribution is -0.140. The molecule has 1 saturated heterocycles. The molecule has 4 aliphatic rings. The zero-order valence-corrected chi connectivity index (χ0v) is 24.6. The largest absolute Gasteiger partial charge is 0.504 e. The molecule has 7 heteroatoms. The van der Waals surface area contributed by atoms with Gasteiger partial charge in [0.2, 0.25) is 11.8 Å². The number of phenols is 1. The number of nitrogens with zero attached hydrogens (tertiary/aromatic N) is 1. The van der Waals surface area contributed by atoms with Crippen LogP contribution >= 0.6 is 0 Å². The van der Waals surface area contributed by atoms with Crippen LogP contribution in [-0.4, -0.2) is 47.0 Å². The number of fused-ring (bicyclic) bond motifs is 4. The highest BCUT2D eigenvalue weighted by Gasteiger charge is 2.66. The second kappa shape index (κ2) is 10.4. The molecule has 0 spiro atoms. The standard InChI is InChI=1S/C37H33NO6/c1-3-38-35(42)24-18-17-23-27(31(24)36(38)43)19-28-33(40)26(21-11-6-4-7-12-21)20-30(39)37(28,22-13-8-5-9-14-22)32(23)25-15-10-16-29(44-2)34(25)41/h4-17,20,24,27-28,31-32,41H,3,18-19H2,1-2H3/t24-,27+,28-,31-,32+,37-/m0/s1. The molecule has 0 bridgehead atoms. The van der Waals surface area contributed by atoms with Gasteiger partial charge in [0.05, 0.1) is 24.4 Å². The Hall–Kier alpha value is -4.78. The summed E-state index contributed by atoms with van der Waals surface area (Å²) in [5.74, 6) is -3.95. The molecule has 1 aliphatic heterocycles. The zero-order valence-electron chi connectivity index (χ0n) is 24.6. The van der Waals surface area contributed by atoms with Gasteiger partial charge >= 0.3 is 0 Å². The number of benzene rings is 3. The van der Waals surface area contributed by atoms with Crippen LogP contribution in [0.4, 0.5) is 0 Å². The molecule has 2 amide bonds. The lowest BCUT2D eigenvalue weighted by Crippen LogP contribution is -2.58. The topological polar surface area (TPSA) is 101 Å². The quantitative estimate of drug-likeness (QED) is 0.324. The van der Waals surface area contributed by atoms with Crippen molar-refractivity contribution in [3.63, 3.8) is 0 Å². The van der Waals surface area contributed by atoms with Crippen molar-refractivity contribution in [3.05, 3.63) is 113 Å². The lowest BCUT2D eigenvalue weighted by Gasteiger charge is -2.55. The number of hydrogen-bond donors (Lipinski definition) is 1. The maximum Gasteiger partial charge on any atom is 0.233 e. The van der Waals surface area contributed by atoms with Gasteiger partial charge < -0.3 is 9.84 Å². The molecular formula is C37H33NO6. The number of amides is 2. The van der Waals surface area contributed by atoms with Crippen LogP contribution < -0.4 is 4.74 Å². The van der Waals surface area contributed by atoms with Crippen LogP contribution in [0.25, 0.3) is 5.57 Å². The van der Waals surface area contributed by atoms with E-state index in [9.17, 15) is 24.3 Å². The normalized spacial score (nSPS) is 29.4. The Bertz CT molecular complexity index is 1760. The first kappa shape index (κ1) is 28.0. The number of rotatable bonds is 5. The summed E-state index contributed by atoms with van der Waals surface area (Å²) in [4.78, 5) is 58.3. The molecule has 0 radical (unpaired) electrons. The molecule has 7 nitrogen and oxygen atoms in total. The second-order valence-electron chi connectivity index (χ2n) is 12.1. The summed E-state index contributed by atoms with van der Waals surface area (Å²) in [6, 6.07) is 23.7. The summed E-state index contributed by atoms with van der Waals surface area (Å²) < 4.78 is 5.50. The molecule has 1 saturated carbocycles. The number of allylic oxidation sites excluding steroid dienone is 4. The molecule has 44 heavy (non-hydrogen) atoms. The van der Waals surface area contributed by atoms with Gasteiger partial charge in [-0.3, -0.25) is 24.1 Å². The van der Waals surface area contributed by atoms with Crippen molar-refractivity contribution >= 4 is 29.0 Å². The molecule has 6 atom stereocenters. The SMILES string of the molecule is CCN1C(=O)[C@H]2[C@H](CC=C3[C@H]2C[C@H]2C(=O)C(c4ccccc4)=CC(=O)[C@@]2(c2ccccc2)[C@H]3c2cccc(OC)c2O)C1=O. The molecule has 3 aromatic rings. The van der Waals surface area contributed by atoms with Crippen LogP contribution in [-0.2, 0) is 24.6 Å². The number of ketones is 2. The Labute approximate surface area is 255 Å². The van der Waals surface area contributed by atoms with Crippen LogP contribution in [0.5, 0.6) is 11.5 Å².